The van der Waals surface area contributed by atoms with E-state index in [4.69, 9.17) is 5.73 Å². The Morgan fingerprint density at radius 2 is 2.21 bits per heavy atom. The van der Waals surface area contributed by atoms with E-state index >= 15 is 0 Å². The van der Waals surface area contributed by atoms with Gasteiger partial charge in [0.1, 0.15) is 0 Å². The Kier molecular flexibility index (Phi) is 4.50. The van der Waals surface area contributed by atoms with Crippen molar-refractivity contribution in [1.29, 1.82) is 0 Å². The summed E-state index contributed by atoms with van der Waals surface area (Å²) in [4.78, 5) is 12.4. The van der Waals surface area contributed by atoms with Crippen LogP contribution in [0.3, 0.4) is 0 Å². The first-order valence-corrected chi connectivity index (χ1v) is 7.84. The second-order valence-corrected chi connectivity index (χ2v) is 7.00. The molecule has 1 amide bonds. The van der Waals surface area contributed by atoms with Crippen molar-refractivity contribution in [2.75, 3.05) is 5.32 Å². The zero-order valence-electron chi connectivity index (χ0n) is 11.5. The number of hydrogen-bond donors (Lipinski definition) is 2. The van der Waals surface area contributed by atoms with E-state index in [9.17, 15) is 4.79 Å². The second-order valence-electron chi connectivity index (χ2n) is 5.75. The highest BCUT2D eigenvalue weighted by molar-refractivity contribution is 14.1. The van der Waals surface area contributed by atoms with Crippen molar-refractivity contribution in [2.45, 2.75) is 45.1 Å². The lowest BCUT2D eigenvalue weighted by molar-refractivity contribution is -0.122. The van der Waals surface area contributed by atoms with E-state index in [0.29, 0.717) is 0 Å². The molecule has 4 heteroatoms. The van der Waals surface area contributed by atoms with Gasteiger partial charge in [0.05, 0.1) is 5.92 Å². The average Bonchev–Trinajstić information content (AvgIpc) is 2.32. The summed E-state index contributed by atoms with van der Waals surface area (Å²) in [6.07, 6.45) is 4.04. The van der Waals surface area contributed by atoms with Gasteiger partial charge in [0.25, 0.3) is 0 Å². The van der Waals surface area contributed by atoms with Crippen LogP contribution in [0.4, 0.5) is 5.69 Å². The van der Waals surface area contributed by atoms with Gasteiger partial charge in [0.15, 0.2) is 0 Å². The predicted octanol–water partition coefficient (Wildman–Crippen LogP) is 3.45. The summed E-state index contributed by atoms with van der Waals surface area (Å²) in [5, 5.41) is 3.04. The molecule has 19 heavy (non-hydrogen) atoms. The molecule has 0 bridgehead atoms. The van der Waals surface area contributed by atoms with Crippen molar-refractivity contribution in [3.63, 3.8) is 0 Å². The predicted molar refractivity (Wildman–Crippen MR) is 87.1 cm³/mol. The fraction of sp³-hybridized carbons (Fsp3) is 0.533. The Labute approximate surface area is 128 Å². The standard InChI is InChI=1S/C15H21IN2O/c1-10-9-11(16)6-7-13(10)18-14(19)12-5-3-4-8-15(12,2)17/h6-7,9,12H,3-5,8,17H2,1-2H3,(H,18,19). The van der Waals surface area contributed by atoms with Crippen LogP contribution < -0.4 is 11.1 Å². The topological polar surface area (TPSA) is 55.1 Å². The summed E-state index contributed by atoms with van der Waals surface area (Å²) in [7, 11) is 0. The minimum atomic E-state index is -0.376. The fourth-order valence-corrected chi connectivity index (χ4v) is 3.42. The highest BCUT2D eigenvalue weighted by Gasteiger charge is 2.37. The summed E-state index contributed by atoms with van der Waals surface area (Å²) >= 11 is 2.27. The largest absolute Gasteiger partial charge is 0.326 e. The third-order valence-corrected chi connectivity index (χ3v) is 4.69. The molecule has 1 fully saturated rings. The Morgan fingerprint density at radius 1 is 1.47 bits per heavy atom. The van der Waals surface area contributed by atoms with Crippen LogP contribution in [-0.4, -0.2) is 11.4 Å². The van der Waals surface area contributed by atoms with E-state index in [-0.39, 0.29) is 17.4 Å². The molecule has 1 saturated carbocycles. The van der Waals surface area contributed by atoms with Crippen molar-refractivity contribution in [2.24, 2.45) is 11.7 Å². The molecule has 3 nitrogen and oxygen atoms in total. The van der Waals surface area contributed by atoms with Gasteiger partial charge < -0.3 is 11.1 Å². The van der Waals surface area contributed by atoms with Gasteiger partial charge >= 0.3 is 0 Å². The molecule has 1 aliphatic carbocycles. The third-order valence-electron chi connectivity index (χ3n) is 4.02. The number of benzene rings is 1. The molecule has 1 aromatic rings. The molecule has 2 atom stereocenters. The number of nitrogens with two attached hydrogens (primary N) is 1. The summed E-state index contributed by atoms with van der Waals surface area (Å²) in [6.45, 7) is 4.01. The third kappa shape index (κ3) is 3.48. The highest BCUT2D eigenvalue weighted by atomic mass is 127. The van der Waals surface area contributed by atoms with Crippen molar-refractivity contribution in [1.82, 2.24) is 0 Å². The first-order chi connectivity index (χ1) is 8.90. The maximum Gasteiger partial charge on any atom is 0.229 e. The molecule has 1 aliphatic rings. The number of aryl methyl sites for hydroxylation is 1. The van der Waals surface area contributed by atoms with Crippen LogP contribution in [0.1, 0.15) is 38.2 Å². The Bertz CT molecular complexity index is 485. The SMILES string of the molecule is Cc1cc(I)ccc1NC(=O)C1CCCCC1(C)N. The van der Waals surface area contributed by atoms with Gasteiger partial charge in [0.2, 0.25) is 5.91 Å². The molecule has 0 aromatic heterocycles. The van der Waals surface area contributed by atoms with E-state index in [0.717, 1.165) is 36.9 Å². The monoisotopic (exact) mass is 372 g/mol. The van der Waals surface area contributed by atoms with Gasteiger partial charge in [-0.25, -0.2) is 0 Å². The van der Waals surface area contributed by atoms with E-state index in [2.05, 4.69) is 34.0 Å². The molecule has 2 unspecified atom stereocenters. The van der Waals surface area contributed by atoms with Gasteiger partial charge in [-0.1, -0.05) is 12.8 Å². The molecule has 0 aliphatic heterocycles. The van der Waals surface area contributed by atoms with E-state index < -0.39 is 0 Å². The normalized spacial score (nSPS) is 27.1. The number of carbonyl (C=O) groups excluding carboxylic acids is 1. The number of halogens is 1. The van der Waals surface area contributed by atoms with Crippen LogP contribution in [0, 0.1) is 16.4 Å². The molecular formula is C15H21IN2O. The average molecular weight is 372 g/mol. The lowest BCUT2D eigenvalue weighted by Gasteiger charge is -2.37. The van der Waals surface area contributed by atoms with Crippen LogP contribution in [-0.2, 0) is 4.79 Å². The second kappa shape index (κ2) is 5.79. The number of hydrogen-bond acceptors (Lipinski definition) is 2. The number of nitrogens with one attached hydrogen (secondary N) is 1. The molecule has 1 aromatic carbocycles. The summed E-state index contributed by atoms with van der Waals surface area (Å²) < 4.78 is 1.18. The molecule has 0 spiro atoms. The smallest absolute Gasteiger partial charge is 0.229 e. The Balaban J connectivity index is 2.12. The molecular weight excluding hydrogens is 351 g/mol. The van der Waals surface area contributed by atoms with Crippen LogP contribution in [0.5, 0.6) is 0 Å². The van der Waals surface area contributed by atoms with Gasteiger partial charge in [-0.3, -0.25) is 4.79 Å². The Morgan fingerprint density at radius 3 is 2.84 bits per heavy atom. The summed E-state index contributed by atoms with van der Waals surface area (Å²) in [6, 6.07) is 6.04. The minimum Gasteiger partial charge on any atom is -0.326 e. The first-order valence-electron chi connectivity index (χ1n) is 6.76. The Hall–Kier alpha value is -0.620. The maximum absolute atomic E-state index is 12.4. The van der Waals surface area contributed by atoms with Crippen LogP contribution >= 0.6 is 22.6 Å². The van der Waals surface area contributed by atoms with Crippen LogP contribution in [0.25, 0.3) is 0 Å². The van der Waals surface area contributed by atoms with Crippen LogP contribution in [0.15, 0.2) is 18.2 Å². The number of amides is 1. The lowest BCUT2D eigenvalue weighted by Crippen LogP contribution is -2.51. The molecule has 0 radical (unpaired) electrons. The number of carbonyl (C=O) groups is 1. The van der Waals surface area contributed by atoms with E-state index in [1.54, 1.807) is 0 Å². The van der Waals surface area contributed by atoms with Crippen LogP contribution in [0.2, 0.25) is 0 Å². The quantitative estimate of drug-likeness (QED) is 0.782. The number of rotatable bonds is 2. The van der Waals surface area contributed by atoms with E-state index in [1.807, 2.05) is 26.0 Å². The molecule has 2 rings (SSSR count). The molecule has 104 valence electrons. The van der Waals surface area contributed by atoms with Crippen molar-refractivity contribution in [3.8, 4) is 0 Å². The van der Waals surface area contributed by atoms with Gasteiger partial charge in [-0.15, -0.1) is 0 Å². The van der Waals surface area contributed by atoms with E-state index in [1.165, 1.54) is 3.57 Å². The molecule has 0 saturated heterocycles. The first kappa shape index (κ1) is 14.8. The lowest BCUT2D eigenvalue weighted by atomic mass is 9.74. The highest BCUT2D eigenvalue weighted by Crippen LogP contribution is 2.32. The zero-order chi connectivity index (χ0) is 14.0. The summed E-state index contributed by atoms with van der Waals surface area (Å²) in [5.41, 5.74) is 7.89. The van der Waals surface area contributed by atoms with Gasteiger partial charge in [0, 0.05) is 14.8 Å². The zero-order valence-corrected chi connectivity index (χ0v) is 13.7. The van der Waals surface area contributed by atoms with Gasteiger partial charge in [-0.2, -0.15) is 0 Å². The van der Waals surface area contributed by atoms with Gasteiger partial charge in [-0.05, 0) is 73.0 Å². The maximum atomic E-state index is 12.4. The number of anilines is 1. The fourth-order valence-electron chi connectivity index (χ4n) is 2.78. The minimum absolute atomic E-state index is 0.0639. The molecule has 3 N–H and O–H groups in total. The van der Waals surface area contributed by atoms with Crippen molar-refractivity contribution in [3.05, 3.63) is 27.3 Å². The summed E-state index contributed by atoms with van der Waals surface area (Å²) in [5.74, 6) is -0.0195. The van der Waals surface area contributed by atoms with Crippen molar-refractivity contribution >= 4 is 34.2 Å². The van der Waals surface area contributed by atoms with Crippen molar-refractivity contribution < 1.29 is 4.79 Å². The molecule has 0 heterocycles.